The summed E-state index contributed by atoms with van der Waals surface area (Å²) in [5.74, 6) is 1.12. The topological polar surface area (TPSA) is 120 Å². The molecule has 0 radical (unpaired) electrons. The van der Waals surface area contributed by atoms with Crippen LogP contribution in [0.5, 0.6) is 6.01 Å². The van der Waals surface area contributed by atoms with Gasteiger partial charge < -0.3 is 25.1 Å². The van der Waals surface area contributed by atoms with Gasteiger partial charge >= 0.3 is 6.01 Å². The molecular formula is C30H36FN9O2S. The lowest BCUT2D eigenvalue weighted by molar-refractivity contribution is 0.107. The second-order valence-corrected chi connectivity index (χ2v) is 13.7. The molecule has 4 fully saturated rings. The fourth-order valence-electron chi connectivity index (χ4n) is 8.05. The fourth-order valence-corrected chi connectivity index (χ4v) is 9.19. The summed E-state index contributed by atoms with van der Waals surface area (Å²) in [6.45, 7) is 12.5. The highest BCUT2D eigenvalue weighted by Crippen LogP contribution is 2.54. The number of nitrogens with two attached hydrogens (primary N) is 1. The molecule has 1 spiro atoms. The van der Waals surface area contributed by atoms with E-state index in [4.69, 9.17) is 31.8 Å². The van der Waals surface area contributed by atoms with E-state index in [0.717, 1.165) is 62.9 Å². The number of rotatable bonds is 6. The van der Waals surface area contributed by atoms with Crippen molar-refractivity contribution in [3.8, 4) is 12.1 Å². The standard InChI is InChI=1S/C30H36FN9O2S/c1-34-24-26(38-10-3-5-20(7-12-38)37-41-2)35-28(42-18-30-8-4-11-40(30)15-19(31)13-30)36-27(24)39-16-29(17-39)9-6-22-23(29)21(14-32)25(33)43-22/h19H,3-13,15-18,33H2,2H3/b37-20-/t19-,30+/m1/s1. The van der Waals surface area contributed by atoms with Gasteiger partial charge in [-0.15, -0.1) is 11.3 Å². The van der Waals surface area contributed by atoms with Crippen molar-refractivity contribution in [2.24, 2.45) is 5.16 Å². The lowest BCUT2D eigenvalue weighted by atomic mass is 9.74. The molecule has 0 amide bonds. The van der Waals surface area contributed by atoms with Crippen LogP contribution < -0.4 is 20.3 Å². The molecule has 0 unspecified atom stereocenters. The van der Waals surface area contributed by atoms with Gasteiger partial charge in [-0.25, -0.2) is 9.24 Å². The number of anilines is 3. The fraction of sp³-hybridized carbons (Fsp3) is 0.633. The summed E-state index contributed by atoms with van der Waals surface area (Å²) in [6, 6.07) is 2.56. The van der Waals surface area contributed by atoms with Crippen molar-refractivity contribution in [3.63, 3.8) is 0 Å². The minimum absolute atomic E-state index is 0.169. The third-order valence-corrected chi connectivity index (χ3v) is 11.1. The minimum atomic E-state index is -0.849. The molecule has 226 valence electrons. The Labute approximate surface area is 254 Å². The number of nitriles is 1. The number of hydrogen-bond acceptors (Lipinski definition) is 11. The molecule has 1 aliphatic carbocycles. The first-order valence-electron chi connectivity index (χ1n) is 15.1. The Morgan fingerprint density at radius 3 is 2.74 bits per heavy atom. The van der Waals surface area contributed by atoms with Gasteiger partial charge in [0.2, 0.25) is 0 Å². The van der Waals surface area contributed by atoms with Crippen molar-refractivity contribution in [2.45, 2.75) is 68.5 Å². The van der Waals surface area contributed by atoms with Gasteiger partial charge in [0.15, 0.2) is 0 Å². The summed E-state index contributed by atoms with van der Waals surface area (Å²) in [7, 11) is 1.56. The lowest BCUT2D eigenvalue weighted by Crippen LogP contribution is -2.59. The SMILES string of the molecule is [C-]#[N+]c1c(N2CCC/C(=N/OC)CC2)nc(OC[C@@]23CCCN2C[C@H](F)C3)nc1N1CC2(CCc3sc(N)c(C#N)c32)C1. The maximum atomic E-state index is 14.5. The van der Waals surface area contributed by atoms with Crippen LogP contribution in [0.4, 0.5) is 26.7 Å². The van der Waals surface area contributed by atoms with E-state index < -0.39 is 6.17 Å². The van der Waals surface area contributed by atoms with E-state index >= 15 is 0 Å². The van der Waals surface area contributed by atoms with E-state index in [1.165, 1.54) is 16.2 Å². The smallest absolute Gasteiger partial charge is 0.317 e. The Kier molecular flexibility index (Phi) is 7.06. The lowest BCUT2D eigenvalue weighted by Gasteiger charge is -2.50. The molecule has 0 saturated carbocycles. The van der Waals surface area contributed by atoms with Crippen LogP contribution in [0.1, 0.15) is 60.9 Å². The highest BCUT2D eigenvalue weighted by molar-refractivity contribution is 7.16. The van der Waals surface area contributed by atoms with E-state index in [9.17, 15) is 9.65 Å². The Hall–Kier alpha value is -3.68. The molecule has 13 heteroatoms. The summed E-state index contributed by atoms with van der Waals surface area (Å²) < 4.78 is 20.8. The van der Waals surface area contributed by atoms with Gasteiger partial charge in [0, 0.05) is 55.9 Å². The molecule has 43 heavy (non-hydrogen) atoms. The molecule has 2 aromatic heterocycles. The molecule has 11 nitrogen and oxygen atoms in total. The Morgan fingerprint density at radius 2 is 1.98 bits per heavy atom. The number of ether oxygens (including phenoxy) is 1. The van der Waals surface area contributed by atoms with Crippen LogP contribution in [-0.2, 0) is 16.7 Å². The van der Waals surface area contributed by atoms with Gasteiger partial charge in [0.1, 0.15) is 42.6 Å². The molecule has 2 aromatic rings. The summed E-state index contributed by atoms with van der Waals surface area (Å²) in [4.78, 5) is 26.4. The molecule has 2 atom stereocenters. The first-order valence-corrected chi connectivity index (χ1v) is 15.9. The third-order valence-electron chi connectivity index (χ3n) is 10.0. The van der Waals surface area contributed by atoms with Gasteiger partial charge in [0.25, 0.3) is 5.69 Å². The number of hydrogen-bond donors (Lipinski definition) is 1. The van der Waals surface area contributed by atoms with E-state index in [-0.39, 0.29) is 17.0 Å². The van der Waals surface area contributed by atoms with Crippen molar-refractivity contribution in [3.05, 3.63) is 27.4 Å². The summed E-state index contributed by atoms with van der Waals surface area (Å²) in [5, 5.41) is 14.6. The van der Waals surface area contributed by atoms with Crippen molar-refractivity contribution in [1.82, 2.24) is 14.9 Å². The first kappa shape index (κ1) is 28.1. The van der Waals surface area contributed by atoms with Crippen LogP contribution in [0.25, 0.3) is 4.85 Å². The van der Waals surface area contributed by atoms with E-state index in [1.807, 2.05) is 0 Å². The number of nitrogens with zero attached hydrogens (tertiary/aromatic N) is 8. The minimum Gasteiger partial charge on any atom is -0.461 e. The van der Waals surface area contributed by atoms with Crippen LogP contribution in [0, 0.1) is 17.9 Å². The number of alkyl halides is 1. The molecular weight excluding hydrogens is 569 g/mol. The van der Waals surface area contributed by atoms with E-state index in [0.29, 0.717) is 73.5 Å². The molecule has 4 saturated heterocycles. The second kappa shape index (κ2) is 10.8. The van der Waals surface area contributed by atoms with Gasteiger partial charge in [0.05, 0.1) is 23.4 Å². The maximum Gasteiger partial charge on any atom is 0.317 e. The highest BCUT2D eigenvalue weighted by atomic mass is 32.1. The number of aryl methyl sites for hydroxylation is 1. The van der Waals surface area contributed by atoms with Gasteiger partial charge in [-0.05, 0) is 50.6 Å². The van der Waals surface area contributed by atoms with Gasteiger partial charge in [-0.3, -0.25) is 4.90 Å². The van der Waals surface area contributed by atoms with Crippen LogP contribution in [0.3, 0.4) is 0 Å². The third kappa shape index (κ3) is 4.64. The molecule has 0 aromatic carbocycles. The van der Waals surface area contributed by atoms with E-state index in [1.54, 1.807) is 7.11 Å². The predicted molar refractivity (Wildman–Crippen MR) is 163 cm³/mol. The molecule has 5 aliphatic rings. The van der Waals surface area contributed by atoms with Crippen molar-refractivity contribution >= 4 is 39.4 Å². The number of nitrogen functional groups attached to an aromatic ring is 1. The number of aromatic nitrogens is 2. The zero-order chi connectivity index (χ0) is 29.8. The Balaban J connectivity index is 1.21. The van der Waals surface area contributed by atoms with Gasteiger partial charge in [-0.2, -0.15) is 15.2 Å². The Morgan fingerprint density at radius 1 is 1.16 bits per heavy atom. The van der Waals surface area contributed by atoms with Crippen LogP contribution in [0.15, 0.2) is 5.16 Å². The summed E-state index contributed by atoms with van der Waals surface area (Å²) >= 11 is 1.53. The molecule has 4 aliphatic heterocycles. The average Bonchev–Trinajstić information content (AvgIpc) is 3.65. The summed E-state index contributed by atoms with van der Waals surface area (Å²) in [5.41, 5.74) is 8.80. The van der Waals surface area contributed by atoms with Crippen molar-refractivity contribution in [1.29, 1.82) is 5.26 Å². The first-order chi connectivity index (χ1) is 20.9. The van der Waals surface area contributed by atoms with Crippen LogP contribution >= 0.6 is 11.3 Å². The Bertz CT molecular complexity index is 1540. The van der Waals surface area contributed by atoms with E-state index in [2.05, 4.69) is 30.8 Å². The largest absolute Gasteiger partial charge is 0.461 e. The van der Waals surface area contributed by atoms with Crippen molar-refractivity contribution in [2.75, 3.05) is 68.5 Å². The quantitative estimate of drug-likeness (QED) is 0.382. The normalized spacial score (nSPS) is 27.0. The second-order valence-electron chi connectivity index (χ2n) is 12.5. The zero-order valence-electron chi connectivity index (χ0n) is 24.4. The number of fused-ring (bicyclic) bond motifs is 3. The summed E-state index contributed by atoms with van der Waals surface area (Å²) in [6.07, 6.45) is 5.78. The maximum absolute atomic E-state index is 14.5. The number of halogens is 1. The molecule has 7 rings (SSSR count). The molecule has 0 bridgehead atoms. The van der Waals surface area contributed by atoms with Gasteiger partial charge in [-0.1, -0.05) is 5.16 Å². The van der Waals surface area contributed by atoms with Crippen LogP contribution in [0.2, 0.25) is 0 Å². The average molecular weight is 606 g/mol. The predicted octanol–water partition coefficient (Wildman–Crippen LogP) is 4.19. The van der Waals surface area contributed by atoms with Crippen molar-refractivity contribution < 1.29 is 14.0 Å². The molecule has 6 heterocycles. The molecule has 2 N–H and O–H groups in total. The highest BCUT2D eigenvalue weighted by Gasteiger charge is 2.53. The number of oxime groups is 1. The number of thiophene rings is 1. The van der Waals surface area contributed by atoms with Crippen LogP contribution in [-0.4, -0.2) is 85.3 Å². The monoisotopic (exact) mass is 605 g/mol. The zero-order valence-corrected chi connectivity index (χ0v) is 25.3.